The van der Waals surface area contributed by atoms with Gasteiger partial charge in [-0.05, 0) is 47.6 Å². The van der Waals surface area contributed by atoms with Gasteiger partial charge in [0.1, 0.15) is 11.6 Å². The molecule has 1 unspecified atom stereocenters. The second kappa shape index (κ2) is 7.23. The largest absolute Gasteiger partial charge is 0.291 e. The lowest BCUT2D eigenvalue weighted by atomic mass is 10.0. The van der Waals surface area contributed by atoms with Gasteiger partial charge < -0.3 is 0 Å². The van der Waals surface area contributed by atoms with E-state index in [2.05, 4.69) is 19.4 Å². The highest BCUT2D eigenvalue weighted by Gasteiger charge is 2.24. The Morgan fingerprint density at radius 3 is 2.65 bits per heavy atom. The molecule has 0 amide bonds. The van der Waals surface area contributed by atoms with E-state index in [9.17, 15) is 9.18 Å². The Labute approximate surface area is 152 Å². The summed E-state index contributed by atoms with van der Waals surface area (Å²) in [4.78, 5) is 21.1. The Morgan fingerprint density at radius 2 is 2.04 bits per heavy atom. The zero-order valence-electron chi connectivity index (χ0n) is 14.5. The third-order valence-corrected chi connectivity index (χ3v) is 4.96. The van der Waals surface area contributed by atoms with E-state index in [4.69, 9.17) is 5.53 Å². The molecule has 26 heavy (non-hydrogen) atoms. The van der Waals surface area contributed by atoms with Crippen LogP contribution < -0.4 is 5.56 Å². The molecule has 1 aromatic carbocycles. The van der Waals surface area contributed by atoms with E-state index in [1.807, 2.05) is 13.8 Å². The SMILES string of the molecule is Cc1nsc2nc(C(N=[N+]=[N-])C(C)C)n(Cc3ccc(F)cc3)c(=O)c12. The topological polar surface area (TPSA) is 96.5 Å². The third kappa shape index (κ3) is 3.31. The summed E-state index contributed by atoms with van der Waals surface area (Å²) in [5.74, 6) is -0.00562. The molecule has 0 aliphatic carbocycles. The van der Waals surface area contributed by atoms with Crippen molar-refractivity contribution in [1.82, 2.24) is 13.9 Å². The quantitative estimate of drug-likeness (QED) is 0.378. The monoisotopic (exact) mass is 372 g/mol. The number of benzene rings is 1. The fraction of sp³-hybridized carbons (Fsp3) is 0.353. The molecular weight excluding hydrogens is 355 g/mol. The van der Waals surface area contributed by atoms with Gasteiger partial charge in [0.2, 0.25) is 0 Å². The van der Waals surface area contributed by atoms with Crippen LogP contribution in [0.4, 0.5) is 4.39 Å². The van der Waals surface area contributed by atoms with Crippen molar-refractivity contribution in [2.24, 2.45) is 11.0 Å². The first kappa shape index (κ1) is 18.0. The number of hydrogen-bond donors (Lipinski definition) is 0. The Bertz CT molecular complexity index is 1050. The molecule has 134 valence electrons. The van der Waals surface area contributed by atoms with Crippen LogP contribution in [-0.2, 0) is 6.54 Å². The summed E-state index contributed by atoms with van der Waals surface area (Å²) in [6.07, 6.45) is 0. The fourth-order valence-electron chi connectivity index (χ4n) is 2.77. The highest BCUT2D eigenvalue weighted by Crippen LogP contribution is 2.27. The Morgan fingerprint density at radius 1 is 1.35 bits per heavy atom. The lowest BCUT2D eigenvalue weighted by Crippen LogP contribution is -2.28. The zero-order chi connectivity index (χ0) is 18.8. The van der Waals surface area contributed by atoms with Crippen LogP contribution in [0.25, 0.3) is 20.7 Å². The second-order valence-corrected chi connectivity index (χ2v) is 7.08. The standard InChI is InChI=1S/C17H17FN6OS/c1-9(2)14(21-23-19)15-20-16-13(10(3)22-26-16)17(25)24(15)8-11-4-6-12(18)7-5-11/h4-7,9,14H,8H2,1-3H3. The molecule has 3 aromatic rings. The van der Waals surface area contributed by atoms with Gasteiger partial charge in [0.25, 0.3) is 5.56 Å². The van der Waals surface area contributed by atoms with Gasteiger partial charge in [-0.3, -0.25) is 9.36 Å². The molecule has 0 bridgehead atoms. The molecule has 0 saturated carbocycles. The first-order chi connectivity index (χ1) is 12.4. The van der Waals surface area contributed by atoms with Gasteiger partial charge in [-0.2, -0.15) is 4.37 Å². The number of rotatable bonds is 5. The number of fused-ring (bicyclic) bond motifs is 1. The third-order valence-electron chi connectivity index (χ3n) is 4.12. The van der Waals surface area contributed by atoms with E-state index in [-0.39, 0.29) is 23.8 Å². The van der Waals surface area contributed by atoms with Crippen LogP contribution in [0.15, 0.2) is 34.2 Å². The average molecular weight is 372 g/mol. The number of halogens is 1. The predicted molar refractivity (Wildman–Crippen MR) is 98.6 cm³/mol. The van der Waals surface area contributed by atoms with Gasteiger partial charge in [-0.15, -0.1) is 0 Å². The molecule has 2 heterocycles. The Kier molecular flexibility index (Phi) is 5.01. The zero-order valence-corrected chi connectivity index (χ0v) is 15.4. The molecule has 7 nitrogen and oxygen atoms in total. The van der Waals surface area contributed by atoms with E-state index in [0.29, 0.717) is 21.7 Å². The molecule has 2 aromatic heterocycles. The predicted octanol–water partition coefficient (Wildman–Crippen LogP) is 4.36. The van der Waals surface area contributed by atoms with Crippen molar-refractivity contribution in [2.75, 3.05) is 0 Å². The molecule has 0 aliphatic rings. The molecular formula is C17H17FN6OS. The minimum Gasteiger partial charge on any atom is -0.291 e. The van der Waals surface area contributed by atoms with Gasteiger partial charge in [0.15, 0.2) is 4.83 Å². The summed E-state index contributed by atoms with van der Waals surface area (Å²) in [7, 11) is 0. The summed E-state index contributed by atoms with van der Waals surface area (Å²) in [5.41, 5.74) is 10.1. The average Bonchev–Trinajstić information content (AvgIpc) is 2.98. The number of azide groups is 1. The van der Waals surface area contributed by atoms with E-state index < -0.39 is 6.04 Å². The van der Waals surface area contributed by atoms with E-state index in [1.54, 1.807) is 19.1 Å². The van der Waals surface area contributed by atoms with Crippen LogP contribution in [0.2, 0.25) is 0 Å². The molecule has 0 aliphatic heterocycles. The lowest BCUT2D eigenvalue weighted by molar-refractivity contribution is 0.462. The number of nitrogens with zero attached hydrogens (tertiary/aromatic N) is 6. The van der Waals surface area contributed by atoms with Crippen molar-refractivity contribution < 1.29 is 4.39 Å². The van der Waals surface area contributed by atoms with Gasteiger partial charge in [0.05, 0.1) is 23.7 Å². The van der Waals surface area contributed by atoms with Gasteiger partial charge in [0, 0.05) is 4.91 Å². The number of aromatic nitrogens is 3. The fourth-order valence-corrected chi connectivity index (χ4v) is 3.55. The molecule has 0 fully saturated rings. The maximum atomic E-state index is 13.2. The molecule has 0 N–H and O–H groups in total. The van der Waals surface area contributed by atoms with Crippen molar-refractivity contribution in [3.63, 3.8) is 0 Å². The van der Waals surface area contributed by atoms with E-state index in [0.717, 1.165) is 17.1 Å². The molecule has 3 rings (SSSR count). The van der Waals surface area contributed by atoms with Crippen molar-refractivity contribution in [1.29, 1.82) is 0 Å². The van der Waals surface area contributed by atoms with Gasteiger partial charge >= 0.3 is 0 Å². The summed E-state index contributed by atoms with van der Waals surface area (Å²) < 4.78 is 18.9. The number of hydrogen-bond acceptors (Lipinski definition) is 5. The normalized spacial score (nSPS) is 12.3. The first-order valence-electron chi connectivity index (χ1n) is 8.07. The van der Waals surface area contributed by atoms with Crippen LogP contribution >= 0.6 is 11.5 Å². The first-order valence-corrected chi connectivity index (χ1v) is 8.85. The second-order valence-electron chi connectivity index (χ2n) is 6.33. The summed E-state index contributed by atoms with van der Waals surface area (Å²) >= 11 is 1.15. The molecule has 0 spiro atoms. The Hall–Kier alpha value is -2.77. The van der Waals surface area contributed by atoms with Crippen LogP contribution in [0.3, 0.4) is 0 Å². The summed E-state index contributed by atoms with van der Waals surface area (Å²) in [6, 6.07) is 5.33. The van der Waals surface area contributed by atoms with E-state index in [1.165, 1.54) is 16.7 Å². The van der Waals surface area contributed by atoms with E-state index >= 15 is 0 Å². The maximum Gasteiger partial charge on any atom is 0.264 e. The molecule has 0 radical (unpaired) electrons. The van der Waals surface area contributed by atoms with Crippen molar-refractivity contribution in [2.45, 2.75) is 33.4 Å². The van der Waals surface area contributed by atoms with Crippen molar-refractivity contribution in [3.8, 4) is 0 Å². The summed E-state index contributed by atoms with van der Waals surface area (Å²) in [6.45, 7) is 5.76. The summed E-state index contributed by atoms with van der Waals surface area (Å²) in [5, 5.41) is 4.31. The smallest absolute Gasteiger partial charge is 0.264 e. The molecule has 1 atom stereocenters. The molecule has 0 saturated heterocycles. The minimum atomic E-state index is -0.597. The Balaban J connectivity index is 2.25. The van der Waals surface area contributed by atoms with Gasteiger partial charge in [-0.25, -0.2) is 9.37 Å². The minimum absolute atomic E-state index is 0.0521. The van der Waals surface area contributed by atoms with Crippen LogP contribution in [0.1, 0.15) is 37.0 Å². The highest BCUT2D eigenvalue weighted by molar-refractivity contribution is 7.12. The maximum absolute atomic E-state index is 13.2. The number of aryl methyl sites for hydroxylation is 1. The van der Waals surface area contributed by atoms with Crippen LogP contribution in [-0.4, -0.2) is 13.9 Å². The lowest BCUT2D eigenvalue weighted by Gasteiger charge is -2.20. The van der Waals surface area contributed by atoms with Crippen molar-refractivity contribution in [3.05, 3.63) is 68.0 Å². The van der Waals surface area contributed by atoms with Gasteiger partial charge in [-0.1, -0.05) is 31.1 Å². The van der Waals surface area contributed by atoms with Crippen LogP contribution in [0, 0.1) is 18.7 Å². The molecule has 9 heteroatoms. The van der Waals surface area contributed by atoms with Crippen molar-refractivity contribution >= 4 is 21.7 Å². The highest BCUT2D eigenvalue weighted by atomic mass is 32.1. The van der Waals surface area contributed by atoms with Crippen LogP contribution in [0.5, 0.6) is 0 Å².